The Kier molecular flexibility index (Phi) is 2.64. The highest BCUT2D eigenvalue weighted by Gasteiger charge is 2.32. The van der Waals surface area contributed by atoms with Gasteiger partial charge in [0, 0.05) is 21.3 Å². The van der Waals surface area contributed by atoms with E-state index in [1.165, 1.54) is 5.56 Å². The Bertz CT molecular complexity index is 360. The van der Waals surface area contributed by atoms with Crippen LogP contribution in [0.3, 0.4) is 0 Å². The summed E-state index contributed by atoms with van der Waals surface area (Å²) in [6.07, 6.45) is 0.996. The van der Waals surface area contributed by atoms with Crippen molar-refractivity contribution in [2.24, 2.45) is 0 Å². The maximum absolute atomic E-state index is 5.89. The average Bonchev–Trinajstić information content (AvgIpc) is 2.05. The van der Waals surface area contributed by atoms with Crippen LogP contribution < -0.4 is 4.74 Å². The van der Waals surface area contributed by atoms with Crippen LogP contribution in [0.2, 0.25) is 0 Å². The van der Waals surface area contributed by atoms with Gasteiger partial charge in [-0.3, -0.25) is 0 Å². The SMILES string of the molecule is CC1(C)CC(Br)c2cc(Br)ccc2O1. The molecule has 1 nitrogen and oxygen atoms in total. The number of ether oxygens (including phenoxy) is 1. The monoisotopic (exact) mass is 318 g/mol. The zero-order valence-electron chi connectivity index (χ0n) is 8.18. The van der Waals surface area contributed by atoms with E-state index < -0.39 is 0 Å². The molecule has 0 bridgehead atoms. The van der Waals surface area contributed by atoms with Gasteiger partial charge in [-0.05, 0) is 32.0 Å². The summed E-state index contributed by atoms with van der Waals surface area (Å²) in [4.78, 5) is 0.388. The Morgan fingerprint density at radius 1 is 1.43 bits per heavy atom. The van der Waals surface area contributed by atoms with Crippen LogP contribution in [0.25, 0.3) is 0 Å². The van der Waals surface area contributed by atoms with E-state index in [0.29, 0.717) is 4.83 Å². The Balaban J connectivity index is 2.45. The van der Waals surface area contributed by atoms with Crippen LogP contribution in [-0.4, -0.2) is 5.60 Å². The van der Waals surface area contributed by atoms with Crippen LogP contribution in [0.4, 0.5) is 0 Å². The largest absolute Gasteiger partial charge is 0.487 e. The molecule has 1 atom stereocenters. The molecule has 2 rings (SSSR count). The second-order valence-corrected chi connectivity index (χ2v) is 6.24. The first-order chi connectivity index (χ1) is 6.48. The molecule has 0 aliphatic carbocycles. The fraction of sp³-hybridized carbons (Fsp3) is 0.455. The lowest BCUT2D eigenvalue weighted by Gasteiger charge is -2.35. The highest BCUT2D eigenvalue weighted by atomic mass is 79.9. The lowest BCUT2D eigenvalue weighted by atomic mass is 9.94. The molecule has 0 N–H and O–H groups in total. The Labute approximate surface area is 101 Å². The summed E-state index contributed by atoms with van der Waals surface area (Å²) in [6, 6.07) is 6.15. The normalized spacial score (nSPS) is 23.9. The van der Waals surface area contributed by atoms with Crippen LogP contribution in [0.15, 0.2) is 22.7 Å². The molecule has 3 heteroatoms. The van der Waals surface area contributed by atoms with Crippen molar-refractivity contribution >= 4 is 31.9 Å². The molecule has 1 unspecified atom stereocenters. The minimum atomic E-state index is -0.0744. The summed E-state index contributed by atoms with van der Waals surface area (Å²) in [5.74, 6) is 0.992. The van der Waals surface area contributed by atoms with Gasteiger partial charge in [0.2, 0.25) is 0 Å². The molecule has 0 radical (unpaired) electrons. The first kappa shape index (κ1) is 10.5. The summed E-state index contributed by atoms with van der Waals surface area (Å²) in [6.45, 7) is 4.23. The second-order valence-electron chi connectivity index (χ2n) is 4.22. The highest BCUT2D eigenvalue weighted by molar-refractivity contribution is 9.10. The third-order valence-corrected chi connectivity index (χ3v) is 3.68. The van der Waals surface area contributed by atoms with Crippen LogP contribution in [-0.2, 0) is 0 Å². The van der Waals surface area contributed by atoms with E-state index in [-0.39, 0.29) is 5.60 Å². The Hall–Kier alpha value is -0.0200. The minimum absolute atomic E-state index is 0.0744. The van der Waals surface area contributed by atoms with Gasteiger partial charge in [0.05, 0.1) is 0 Å². The van der Waals surface area contributed by atoms with E-state index in [4.69, 9.17) is 4.74 Å². The van der Waals surface area contributed by atoms with Crippen LogP contribution in [0.5, 0.6) is 5.75 Å². The van der Waals surface area contributed by atoms with Crippen molar-refractivity contribution in [2.75, 3.05) is 0 Å². The maximum Gasteiger partial charge on any atom is 0.124 e. The number of halogens is 2. The average molecular weight is 320 g/mol. The fourth-order valence-electron chi connectivity index (χ4n) is 1.74. The van der Waals surface area contributed by atoms with E-state index in [2.05, 4.69) is 51.8 Å². The first-order valence-corrected chi connectivity index (χ1v) is 6.31. The minimum Gasteiger partial charge on any atom is -0.487 e. The van der Waals surface area contributed by atoms with Gasteiger partial charge >= 0.3 is 0 Å². The molecule has 0 saturated heterocycles. The number of hydrogen-bond donors (Lipinski definition) is 0. The summed E-state index contributed by atoms with van der Waals surface area (Å²) >= 11 is 7.17. The molecule has 14 heavy (non-hydrogen) atoms. The second kappa shape index (κ2) is 3.53. The van der Waals surface area contributed by atoms with Gasteiger partial charge in [-0.2, -0.15) is 0 Å². The molecular weight excluding hydrogens is 308 g/mol. The molecule has 1 aromatic rings. The lowest BCUT2D eigenvalue weighted by molar-refractivity contribution is 0.0842. The van der Waals surface area contributed by atoms with Crippen molar-refractivity contribution < 1.29 is 4.74 Å². The van der Waals surface area contributed by atoms with Gasteiger partial charge in [0.1, 0.15) is 11.4 Å². The molecule has 0 spiro atoms. The van der Waals surface area contributed by atoms with Gasteiger partial charge in [-0.1, -0.05) is 31.9 Å². The van der Waals surface area contributed by atoms with Crippen molar-refractivity contribution in [3.05, 3.63) is 28.2 Å². The zero-order valence-corrected chi connectivity index (χ0v) is 11.4. The van der Waals surface area contributed by atoms with Crippen molar-refractivity contribution in [3.63, 3.8) is 0 Å². The fourth-order valence-corrected chi connectivity index (χ4v) is 3.25. The molecule has 0 fully saturated rings. The molecule has 1 aliphatic rings. The van der Waals surface area contributed by atoms with Crippen molar-refractivity contribution in [3.8, 4) is 5.75 Å². The van der Waals surface area contributed by atoms with Gasteiger partial charge in [0.25, 0.3) is 0 Å². The van der Waals surface area contributed by atoms with Crippen molar-refractivity contribution in [2.45, 2.75) is 30.7 Å². The summed E-state index contributed by atoms with van der Waals surface area (Å²) in [7, 11) is 0. The van der Waals surface area contributed by atoms with Crippen LogP contribution in [0, 0.1) is 0 Å². The van der Waals surface area contributed by atoms with Crippen LogP contribution >= 0.6 is 31.9 Å². The number of benzene rings is 1. The number of rotatable bonds is 0. The number of hydrogen-bond acceptors (Lipinski definition) is 1. The highest BCUT2D eigenvalue weighted by Crippen LogP contribution is 2.44. The number of alkyl halides is 1. The topological polar surface area (TPSA) is 9.23 Å². The quantitative estimate of drug-likeness (QED) is 0.642. The van der Waals surface area contributed by atoms with E-state index in [9.17, 15) is 0 Å². The summed E-state index contributed by atoms with van der Waals surface area (Å²) < 4.78 is 6.99. The maximum atomic E-state index is 5.89. The van der Waals surface area contributed by atoms with E-state index in [1.54, 1.807) is 0 Å². The summed E-state index contributed by atoms with van der Waals surface area (Å²) in [5.41, 5.74) is 1.16. The Morgan fingerprint density at radius 3 is 2.86 bits per heavy atom. The standard InChI is InChI=1S/C11H12Br2O/c1-11(2)6-9(13)8-5-7(12)3-4-10(8)14-11/h3-5,9H,6H2,1-2H3. The van der Waals surface area contributed by atoms with Gasteiger partial charge in [0.15, 0.2) is 0 Å². The molecule has 0 aromatic heterocycles. The van der Waals surface area contributed by atoms with E-state index >= 15 is 0 Å². The smallest absolute Gasteiger partial charge is 0.124 e. The molecule has 1 heterocycles. The predicted molar refractivity (Wildman–Crippen MR) is 65.1 cm³/mol. The molecule has 76 valence electrons. The van der Waals surface area contributed by atoms with E-state index in [0.717, 1.165) is 16.6 Å². The predicted octanol–water partition coefficient (Wildman–Crippen LogP) is 4.45. The van der Waals surface area contributed by atoms with Crippen molar-refractivity contribution in [1.82, 2.24) is 0 Å². The molecule has 1 aromatic carbocycles. The van der Waals surface area contributed by atoms with Gasteiger partial charge in [-0.25, -0.2) is 0 Å². The molecule has 1 aliphatic heterocycles. The third-order valence-electron chi connectivity index (χ3n) is 2.37. The molecule has 0 amide bonds. The van der Waals surface area contributed by atoms with E-state index in [1.807, 2.05) is 12.1 Å². The van der Waals surface area contributed by atoms with Crippen molar-refractivity contribution in [1.29, 1.82) is 0 Å². The van der Waals surface area contributed by atoms with Gasteiger partial charge < -0.3 is 4.74 Å². The lowest BCUT2D eigenvalue weighted by Crippen LogP contribution is -2.33. The zero-order chi connectivity index (χ0) is 10.3. The summed E-state index contributed by atoms with van der Waals surface area (Å²) in [5, 5.41) is 0. The number of fused-ring (bicyclic) bond motifs is 1. The molecule has 0 saturated carbocycles. The molecular formula is C11H12Br2O. The Morgan fingerprint density at radius 2 is 2.14 bits per heavy atom. The first-order valence-electron chi connectivity index (χ1n) is 4.60. The third kappa shape index (κ3) is 1.98. The van der Waals surface area contributed by atoms with Gasteiger partial charge in [-0.15, -0.1) is 0 Å². The van der Waals surface area contributed by atoms with Crippen LogP contribution in [0.1, 0.15) is 30.7 Å².